The maximum absolute atomic E-state index is 13.2. The van der Waals surface area contributed by atoms with Crippen LogP contribution in [0.15, 0.2) is 24.3 Å². The van der Waals surface area contributed by atoms with E-state index in [1.54, 1.807) is 29.2 Å². The zero-order chi connectivity index (χ0) is 25.2. The smallest absolute Gasteiger partial charge is 0.325 e. The van der Waals surface area contributed by atoms with Crippen molar-refractivity contribution in [1.29, 1.82) is 0 Å². The summed E-state index contributed by atoms with van der Waals surface area (Å²) in [5.74, 6) is -0.418. The Kier molecular flexibility index (Phi) is 7.17. The third kappa shape index (κ3) is 5.19. The van der Waals surface area contributed by atoms with Gasteiger partial charge in [0.1, 0.15) is 12.1 Å². The lowest BCUT2D eigenvalue weighted by molar-refractivity contribution is -0.135. The second kappa shape index (κ2) is 9.97. The van der Waals surface area contributed by atoms with Crippen LogP contribution in [-0.4, -0.2) is 71.9 Å². The molecule has 2 heterocycles. The molecule has 1 aliphatic carbocycles. The van der Waals surface area contributed by atoms with E-state index in [0.717, 1.165) is 24.2 Å². The SMILES string of the molecule is CCC(C)(C)C1CCC2(CC1)NC(=O)N(CC(=O)Nc1cccc(C(=O)N3CCOCC3)c1)C2=O. The number of carbonyl (C=O) groups is 4. The van der Waals surface area contributed by atoms with Crippen molar-refractivity contribution >= 4 is 29.4 Å². The minimum absolute atomic E-state index is 0.123. The summed E-state index contributed by atoms with van der Waals surface area (Å²) in [5.41, 5.74) is 0.204. The first-order chi connectivity index (χ1) is 16.6. The summed E-state index contributed by atoms with van der Waals surface area (Å²) in [4.78, 5) is 54.1. The lowest BCUT2D eigenvalue weighted by Gasteiger charge is -2.42. The zero-order valence-corrected chi connectivity index (χ0v) is 20.9. The molecule has 5 amide bonds. The minimum Gasteiger partial charge on any atom is -0.378 e. The molecule has 1 spiro atoms. The molecular weight excluding hydrogens is 448 g/mol. The summed E-state index contributed by atoms with van der Waals surface area (Å²) in [5, 5.41) is 5.61. The molecule has 0 atom stereocenters. The van der Waals surface area contributed by atoms with Gasteiger partial charge < -0.3 is 20.3 Å². The quantitative estimate of drug-likeness (QED) is 0.604. The van der Waals surface area contributed by atoms with Crippen molar-refractivity contribution in [1.82, 2.24) is 15.1 Å². The van der Waals surface area contributed by atoms with Gasteiger partial charge in [0.2, 0.25) is 5.91 Å². The van der Waals surface area contributed by atoms with Crippen LogP contribution in [0.25, 0.3) is 0 Å². The van der Waals surface area contributed by atoms with E-state index in [1.807, 2.05) is 0 Å². The lowest BCUT2D eigenvalue weighted by atomic mass is 9.65. The number of rotatable bonds is 6. The molecule has 9 heteroatoms. The fourth-order valence-electron chi connectivity index (χ4n) is 5.36. The normalized spacial score (nSPS) is 25.1. The van der Waals surface area contributed by atoms with Crippen LogP contribution in [0.2, 0.25) is 0 Å². The van der Waals surface area contributed by atoms with Gasteiger partial charge in [0.25, 0.3) is 11.8 Å². The van der Waals surface area contributed by atoms with Crippen LogP contribution < -0.4 is 10.6 Å². The number of hydrogen-bond donors (Lipinski definition) is 2. The van der Waals surface area contributed by atoms with Crippen molar-refractivity contribution in [3.8, 4) is 0 Å². The number of carbonyl (C=O) groups excluding carboxylic acids is 4. The third-order valence-electron chi connectivity index (χ3n) is 8.09. The zero-order valence-electron chi connectivity index (χ0n) is 20.9. The summed E-state index contributed by atoms with van der Waals surface area (Å²) in [6.45, 7) is 8.40. The molecule has 2 N–H and O–H groups in total. The van der Waals surface area contributed by atoms with E-state index in [9.17, 15) is 19.2 Å². The highest BCUT2D eigenvalue weighted by atomic mass is 16.5. The van der Waals surface area contributed by atoms with Crippen molar-refractivity contribution in [2.24, 2.45) is 11.3 Å². The first-order valence-corrected chi connectivity index (χ1v) is 12.6. The molecule has 1 aromatic rings. The van der Waals surface area contributed by atoms with Gasteiger partial charge in [-0.05, 0) is 55.2 Å². The second-order valence-corrected chi connectivity index (χ2v) is 10.6. The second-order valence-electron chi connectivity index (χ2n) is 10.6. The number of imide groups is 1. The van der Waals surface area contributed by atoms with Crippen LogP contribution in [0.1, 0.15) is 63.2 Å². The summed E-state index contributed by atoms with van der Waals surface area (Å²) in [6, 6.07) is 6.17. The first kappa shape index (κ1) is 25.2. The molecule has 9 nitrogen and oxygen atoms in total. The maximum Gasteiger partial charge on any atom is 0.325 e. The van der Waals surface area contributed by atoms with Crippen LogP contribution in [0.5, 0.6) is 0 Å². The number of ether oxygens (including phenoxy) is 1. The average Bonchev–Trinajstić information content (AvgIpc) is 3.08. The van der Waals surface area contributed by atoms with Gasteiger partial charge in [-0.15, -0.1) is 0 Å². The Hall–Kier alpha value is -2.94. The Labute approximate surface area is 206 Å². The van der Waals surface area contributed by atoms with Crippen LogP contribution in [-0.2, 0) is 14.3 Å². The van der Waals surface area contributed by atoms with Gasteiger partial charge in [-0.25, -0.2) is 4.79 Å². The Morgan fingerprint density at radius 2 is 1.86 bits per heavy atom. The highest BCUT2D eigenvalue weighted by Crippen LogP contribution is 2.45. The van der Waals surface area contributed by atoms with Gasteiger partial charge in [0, 0.05) is 24.3 Å². The summed E-state index contributed by atoms with van der Waals surface area (Å²) in [7, 11) is 0. The van der Waals surface area contributed by atoms with Crippen LogP contribution >= 0.6 is 0 Å². The van der Waals surface area contributed by atoms with Gasteiger partial charge in [-0.1, -0.05) is 33.3 Å². The molecule has 1 aromatic carbocycles. The van der Waals surface area contributed by atoms with Gasteiger partial charge in [0.15, 0.2) is 0 Å². The topological polar surface area (TPSA) is 108 Å². The molecule has 2 saturated heterocycles. The van der Waals surface area contributed by atoms with E-state index in [1.165, 1.54) is 0 Å². The Balaban J connectivity index is 1.36. The van der Waals surface area contributed by atoms with Crippen molar-refractivity contribution in [3.63, 3.8) is 0 Å². The van der Waals surface area contributed by atoms with E-state index in [4.69, 9.17) is 4.74 Å². The fraction of sp³-hybridized carbons (Fsp3) is 0.615. The van der Waals surface area contributed by atoms with E-state index < -0.39 is 17.5 Å². The number of hydrogen-bond acceptors (Lipinski definition) is 5. The predicted octanol–water partition coefficient (Wildman–Crippen LogP) is 3.01. The Bertz CT molecular complexity index is 993. The Morgan fingerprint density at radius 3 is 2.51 bits per heavy atom. The molecule has 3 fully saturated rings. The monoisotopic (exact) mass is 484 g/mol. The molecule has 3 aliphatic rings. The highest BCUT2D eigenvalue weighted by Gasteiger charge is 2.53. The lowest BCUT2D eigenvalue weighted by Crippen LogP contribution is -2.51. The molecule has 0 unspecified atom stereocenters. The minimum atomic E-state index is -0.901. The van der Waals surface area contributed by atoms with Gasteiger partial charge in [0.05, 0.1) is 13.2 Å². The number of anilines is 1. The summed E-state index contributed by atoms with van der Waals surface area (Å²) >= 11 is 0. The first-order valence-electron chi connectivity index (χ1n) is 12.6. The van der Waals surface area contributed by atoms with Gasteiger partial charge in [-0.3, -0.25) is 19.3 Å². The molecule has 2 aliphatic heterocycles. The molecule has 35 heavy (non-hydrogen) atoms. The summed E-state index contributed by atoms with van der Waals surface area (Å²) < 4.78 is 5.29. The molecule has 0 radical (unpaired) electrons. The van der Waals surface area contributed by atoms with E-state index in [0.29, 0.717) is 56.3 Å². The number of urea groups is 1. The van der Waals surface area contributed by atoms with Crippen LogP contribution in [0, 0.1) is 11.3 Å². The van der Waals surface area contributed by atoms with Crippen molar-refractivity contribution in [2.75, 3.05) is 38.2 Å². The van der Waals surface area contributed by atoms with E-state index >= 15 is 0 Å². The third-order valence-corrected chi connectivity index (χ3v) is 8.09. The summed E-state index contributed by atoms with van der Waals surface area (Å²) in [6.07, 6.45) is 4.00. The number of nitrogens with one attached hydrogen (secondary N) is 2. The average molecular weight is 485 g/mol. The molecule has 0 bridgehead atoms. The molecule has 190 valence electrons. The molecule has 0 aromatic heterocycles. The van der Waals surface area contributed by atoms with Crippen molar-refractivity contribution in [2.45, 2.75) is 58.4 Å². The van der Waals surface area contributed by atoms with Crippen LogP contribution in [0.4, 0.5) is 10.5 Å². The van der Waals surface area contributed by atoms with Gasteiger partial charge in [-0.2, -0.15) is 0 Å². The molecule has 1 saturated carbocycles. The van der Waals surface area contributed by atoms with E-state index in [-0.39, 0.29) is 23.8 Å². The largest absolute Gasteiger partial charge is 0.378 e. The number of morpholine rings is 1. The van der Waals surface area contributed by atoms with Gasteiger partial charge >= 0.3 is 6.03 Å². The number of benzene rings is 1. The fourth-order valence-corrected chi connectivity index (χ4v) is 5.36. The standard InChI is InChI=1S/C26H36N4O5/c1-4-25(2,3)19-8-10-26(11-9-19)23(33)30(24(34)28-26)17-21(31)27-20-7-5-6-18(16-20)22(32)29-12-14-35-15-13-29/h5-7,16,19H,4,8-15,17H2,1-3H3,(H,27,31)(H,28,34). The maximum atomic E-state index is 13.2. The van der Waals surface area contributed by atoms with Crippen LogP contribution in [0.3, 0.4) is 0 Å². The van der Waals surface area contributed by atoms with Crippen molar-refractivity contribution in [3.05, 3.63) is 29.8 Å². The number of nitrogens with zero attached hydrogens (tertiary/aromatic N) is 2. The molecule has 4 rings (SSSR count). The highest BCUT2D eigenvalue weighted by molar-refractivity contribution is 6.10. The van der Waals surface area contributed by atoms with E-state index in [2.05, 4.69) is 31.4 Å². The van der Waals surface area contributed by atoms with Crippen molar-refractivity contribution < 1.29 is 23.9 Å². The Morgan fingerprint density at radius 1 is 1.17 bits per heavy atom. The predicted molar refractivity (Wildman–Crippen MR) is 131 cm³/mol. The molecular formula is C26H36N4O5. The number of amides is 5.